The third-order valence-corrected chi connectivity index (χ3v) is 7.48. The van der Waals surface area contributed by atoms with Crippen LogP contribution in [0.25, 0.3) is 0 Å². The summed E-state index contributed by atoms with van der Waals surface area (Å²) in [5.74, 6) is 0.0292. The molecular weight excluding hydrogens is 515 g/mol. The molecule has 2 amide bonds. The van der Waals surface area contributed by atoms with Gasteiger partial charge in [0.05, 0.1) is 32.4 Å². The smallest absolute Gasteiger partial charge is 0.408 e. The van der Waals surface area contributed by atoms with E-state index in [2.05, 4.69) is 10.3 Å². The lowest BCUT2D eigenvalue weighted by atomic mass is 9.86. The molecule has 2 atom stereocenters. The molecule has 38 heavy (non-hydrogen) atoms. The number of nitrogens with one attached hydrogen (secondary N) is 1. The lowest BCUT2D eigenvalue weighted by molar-refractivity contribution is 0.0519. The number of amides is 2. The normalized spacial score (nSPS) is 19.2. The molecule has 4 rings (SSSR count). The molecule has 9 nitrogen and oxygen atoms in total. The highest BCUT2D eigenvalue weighted by Crippen LogP contribution is 2.37. The summed E-state index contributed by atoms with van der Waals surface area (Å²) in [6.07, 6.45) is 2.04. The molecule has 1 aromatic carbocycles. The first-order valence-corrected chi connectivity index (χ1v) is 13.0. The number of anilines is 1. The Labute approximate surface area is 226 Å². The van der Waals surface area contributed by atoms with Crippen molar-refractivity contribution >= 4 is 29.4 Å². The maximum atomic E-state index is 15.8. The second-order valence-corrected chi connectivity index (χ2v) is 11.0. The van der Waals surface area contributed by atoms with Crippen LogP contribution >= 0.6 is 11.6 Å². The minimum Gasteiger partial charge on any atom is -0.497 e. The number of carbonyl (C=O) groups excluding carboxylic acids is 1. The van der Waals surface area contributed by atoms with Gasteiger partial charge in [-0.1, -0.05) is 24.4 Å². The van der Waals surface area contributed by atoms with E-state index in [0.29, 0.717) is 24.3 Å². The number of aromatic nitrogens is 1. The fraction of sp³-hybridized carbons (Fsp3) is 0.519. The average molecular weight is 549 g/mol. The van der Waals surface area contributed by atoms with Gasteiger partial charge in [0.25, 0.3) is 5.91 Å². The molecule has 206 valence electrons. The van der Waals surface area contributed by atoms with Gasteiger partial charge >= 0.3 is 6.09 Å². The van der Waals surface area contributed by atoms with Crippen molar-refractivity contribution in [2.24, 2.45) is 0 Å². The van der Waals surface area contributed by atoms with Gasteiger partial charge in [-0.05, 0) is 45.7 Å². The number of hydrogen-bond donors (Lipinski definition) is 2. The summed E-state index contributed by atoms with van der Waals surface area (Å²) >= 11 is 6.44. The first-order chi connectivity index (χ1) is 18.0. The molecule has 1 saturated carbocycles. The van der Waals surface area contributed by atoms with E-state index in [0.717, 1.165) is 18.4 Å². The first kappa shape index (κ1) is 27.8. The first-order valence-electron chi connectivity index (χ1n) is 12.6. The highest BCUT2D eigenvalue weighted by Gasteiger charge is 2.40. The fourth-order valence-electron chi connectivity index (χ4n) is 5.47. The van der Waals surface area contributed by atoms with E-state index in [1.807, 2.05) is 20.8 Å². The SMILES string of the molecule is COc1ccc(CN2Cc3c(F)c(N[C@H]4CCCC[C@H]4N(C(=O)O)C(C)(C)C)nc(Cl)c3C2=O)c(OC)c1. The Kier molecular flexibility index (Phi) is 7.92. The molecule has 2 aromatic rings. The van der Waals surface area contributed by atoms with Crippen molar-refractivity contribution in [3.63, 3.8) is 0 Å². The standard InChI is InChI=1S/C27H34ClFN4O5/c1-27(2,3)33(26(35)36)19-9-7-6-8-18(19)30-24-22(29)17-14-32(25(34)21(17)23(28)31-24)13-15-10-11-16(37-4)12-20(15)38-5/h10-12,18-19H,6-9,13-14H2,1-5H3,(H,30,31)(H,35,36)/t18-,19+/m0/s1. The van der Waals surface area contributed by atoms with Gasteiger partial charge in [0.2, 0.25) is 0 Å². The summed E-state index contributed by atoms with van der Waals surface area (Å²) in [7, 11) is 3.08. The molecule has 1 fully saturated rings. The molecule has 0 spiro atoms. The van der Waals surface area contributed by atoms with Gasteiger partial charge in [0, 0.05) is 35.3 Å². The Hall–Kier alpha value is -3.27. The maximum absolute atomic E-state index is 15.8. The maximum Gasteiger partial charge on any atom is 0.408 e. The number of rotatable bonds is 7. The van der Waals surface area contributed by atoms with Gasteiger partial charge in [-0.25, -0.2) is 14.2 Å². The second-order valence-electron chi connectivity index (χ2n) is 10.7. The molecular formula is C27H34ClFN4O5. The molecule has 2 heterocycles. The summed E-state index contributed by atoms with van der Waals surface area (Å²) in [5.41, 5.74) is 0.316. The van der Waals surface area contributed by atoms with Crippen LogP contribution in [0.3, 0.4) is 0 Å². The second kappa shape index (κ2) is 10.8. The van der Waals surface area contributed by atoms with Gasteiger partial charge in [-0.3, -0.25) is 9.69 Å². The zero-order valence-electron chi connectivity index (χ0n) is 22.3. The average Bonchev–Trinajstić information content (AvgIpc) is 3.19. The third kappa shape index (κ3) is 5.32. The number of carbonyl (C=O) groups is 2. The molecule has 2 N–H and O–H groups in total. The number of ether oxygens (including phenoxy) is 2. The van der Waals surface area contributed by atoms with Crippen LogP contribution in [0.5, 0.6) is 11.5 Å². The Morgan fingerprint density at radius 2 is 1.97 bits per heavy atom. The van der Waals surface area contributed by atoms with Crippen molar-refractivity contribution in [3.05, 3.63) is 45.9 Å². The van der Waals surface area contributed by atoms with Crippen LogP contribution in [0.2, 0.25) is 5.15 Å². The van der Waals surface area contributed by atoms with Crippen molar-refractivity contribution in [2.45, 2.75) is 77.2 Å². The molecule has 11 heteroatoms. The molecule has 0 radical (unpaired) electrons. The number of carboxylic acid groups (broad SMARTS) is 1. The summed E-state index contributed by atoms with van der Waals surface area (Å²) < 4.78 is 26.5. The van der Waals surface area contributed by atoms with Gasteiger partial charge in [-0.15, -0.1) is 0 Å². The Morgan fingerprint density at radius 1 is 1.26 bits per heavy atom. The molecule has 0 unspecified atom stereocenters. The minimum atomic E-state index is -1.02. The monoisotopic (exact) mass is 548 g/mol. The fourth-order valence-corrected chi connectivity index (χ4v) is 5.75. The van der Waals surface area contributed by atoms with Crippen molar-refractivity contribution < 1.29 is 28.6 Å². The summed E-state index contributed by atoms with van der Waals surface area (Å²) in [5, 5.41) is 13.0. The Morgan fingerprint density at radius 3 is 2.61 bits per heavy atom. The lowest BCUT2D eigenvalue weighted by Gasteiger charge is -2.45. The van der Waals surface area contributed by atoms with E-state index in [9.17, 15) is 14.7 Å². The predicted molar refractivity (Wildman–Crippen MR) is 142 cm³/mol. The van der Waals surface area contributed by atoms with Crippen molar-refractivity contribution in [1.82, 2.24) is 14.8 Å². The number of hydrogen-bond acceptors (Lipinski definition) is 6. The number of nitrogens with zero attached hydrogens (tertiary/aromatic N) is 3. The van der Waals surface area contributed by atoms with Gasteiger partial charge in [0.15, 0.2) is 11.6 Å². The summed E-state index contributed by atoms with van der Waals surface area (Å²) in [6, 6.07) is 4.56. The topological polar surface area (TPSA) is 104 Å². The largest absolute Gasteiger partial charge is 0.497 e. The van der Waals surface area contributed by atoms with Crippen LogP contribution in [0, 0.1) is 5.82 Å². The lowest BCUT2D eigenvalue weighted by Crippen LogP contribution is -2.58. The van der Waals surface area contributed by atoms with Crippen molar-refractivity contribution in [1.29, 1.82) is 0 Å². The Bertz CT molecular complexity index is 1230. The third-order valence-electron chi connectivity index (χ3n) is 7.21. The van der Waals surface area contributed by atoms with Crippen molar-refractivity contribution in [3.8, 4) is 11.5 Å². The Balaban J connectivity index is 1.60. The number of methoxy groups -OCH3 is 2. The van der Waals surface area contributed by atoms with E-state index in [1.165, 1.54) is 16.9 Å². The predicted octanol–water partition coefficient (Wildman–Crippen LogP) is 5.55. The molecule has 1 aliphatic heterocycles. The number of benzene rings is 1. The zero-order valence-corrected chi connectivity index (χ0v) is 23.1. The van der Waals surface area contributed by atoms with Gasteiger partial charge in [0.1, 0.15) is 16.7 Å². The summed E-state index contributed by atoms with van der Waals surface area (Å²) in [6.45, 7) is 5.73. The molecule has 0 saturated heterocycles. The van der Waals surface area contributed by atoms with Crippen LogP contribution < -0.4 is 14.8 Å². The minimum absolute atomic E-state index is 0.0173. The molecule has 1 aromatic heterocycles. The van der Waals surface area contributed by atoms with Gasteiger partial charge in [-0.2, -0.15) is 0 Å². The van der Waals surface area contributed by atoms with Crippen molar-refractivity contribution in [2.75, 3.05) is 19.5 Å². The zero-order chi connectivity index (χ0) is 27.8. The number of pyridine rings is 1. The van der Waals surface area contributed by atoms with Crippen LogP contribution in [-0.2, 0) is 13.1 Å². The molecule has 0 bridgehead atoms. The quantitative estimate of drug-likeness (QED) is 0.437. The van der Waals surface area contributed by atoms with E-state index in [1.54, 1.807) is 25.3 Å². The van der Waals surface area contributed by atoms with Gasteiger partial charge < -0.3 is 24.8 Å². The van der Waals surface area contributed by atoms with Crippen LogP contribution in [-0.4, -0.2) is 63.7 Å². The van der Waals surface area contributed by atoms with E-state index < -0.39 is 23.4 Å². The van der Waals surface area contributed by atoms with E-state index in [-0.39, 0.29) is 47.3 Å². The highest BCUT2D eigenvalue weighted by atomic mass is 35.5. The number of fused-ring (bicyclic) bond motifs is 1. The van der Waals surface area contributed by atoms with E-state index in [4.69, 9.17) is 21.1 Å². The van der Waals surface area contributed by atoms with Crippen LogP contribution in [0.4, 0.5) is 15.0 Å². The van der Waals surface area contributed by atoms with Crippen LogP contribution in [0.1, 0.15) is 67.9 Å². The summed E-state index contributed by atoms with van der Waals surface area (Å²) in [4.78, 5) is 32.5. The molecule has 2 aliphatic rings. The van der Waals surface area contributed by atoms with Crippen LogP contribution in [0.15, 0.2) is 18.2 Å². The van der Waals surface area contributed by atoms with E-state index >= 15 is 4.39 Å². The molecule has 1 aliphatic carbocycles. The number of halogens is 2. The highest BCUT2D eigenvalue weighted by molar-refractivity contribution is 6.33.